The summed E-state index contributed by atoms with van der Waals surface area (Å²) in [6.07, 6.45) is 0. The van der Waals surface area contributed by atoms with Crippen LogP contribution in [-0.2, 0) is 11.8 Å². The van der Waals surface area contributed by atoms with Gasteiger partial charge in [0.25, 0.3) is 0 Å². The molecule has 0 fully saturated rings. The molecule has 0 heterocycles. The first kappa shape index (κ1) is 17.4. The van der Waals surface area contributed by atoms with Crippen LogP contribution in [0.15, 0.2) is 115 Å². The first-order valence-corrected chi connectivity index (χ1v) is 12.2. The predicted molar refractivity (Wildman–Crippen MR) is 128 cm³/mol. The summed E-state index contributed by atoms with van der Waals surface area (Å²) in [5.74, 6) is 0. The van der Waals surface area contributed by atoms with Crippen LogP contribution in [0.5, 0.6) is 0 Å². The van der Waals surface area contributed by atoms with E-state index in [1.807, 2.05) is 0 Å². The van der Waals surface area contributed by atoms with Gasteiger partial charge in [0, 0.05) is 6.04 Å². The molecule has 0 unspecified atom stereocenters. The van der Waals surface area contributed by atoms with Gasteiger partial charge in [-0.25, -0.2) is 0 Å². The summed E-state index contributed by atoms with van der Waals surface area (Å²) in [6, 6.07) is 38.9. The molecule has 0 atom stereocenters. The van der Waals surface area contributed by atoms with Crippen molar-refractivity contribution in [3.05, 3.63) is 115 Å². The SMILES string of the molecule is S=P(c1ccccc1)(c1ccccc1)c1ccc2cc3ccccc3cc2c1. The molecule has 0 radical (unpaired) electrons. The van der Waals surface area contributed by atoms with E-state index in [0.29, 0.717) is 0 Å². The molecule has 0 spiro atoms. The summed E-state index contributed by atoms with van der Waals surface area (Å²) in [5.41, 5.74) is 0. The molecule has 134 valence electrons. The summed E-state index contributed by atoms with van der Waals surface area (Å²) in [5, 5.41) is 8.74. The van der Waals surface area contributed by atoms with Gasteiger partial charge in [-0.2, -0.15) is 0 Å². The molecular weight excluding hydrogens is 375 g/mol. The Labute approximate surface area is 170 Å². The van der Waals surface area contributed by atoms with Crippen LogP contribution in [0.4, 0.5) is 0 Å². The molecule has 0 nitrogen and oxygen atoms in total. The van der Waals surface area contributed by atoms with Gasteiger partial charge in [0.05, 0.1) is 0 Å². The van der Waals surface area contributed by atoms with Crippen molar-refractivity contribution in [2.45, 2.75) is 0 Å². The molecule has 0 N–H and O–H groups in total. The summed E-state index contributed by atoms with van der Waals surface area (Å²) in [4.78, 5) is 0. The number of hydrogen-bond acceptors (Lipinski definition) is 1. The van der Waals surface area contributed by atoms with E-state index >= 15 is 0 Å². The van der Waals surface area contributed by atoms with Gasteiger partial charge < -0.3 is 0 Å². The Hall–Kier alpha value is -2.73. The predicted octanol–water partition coefficient (Wildman–Crippen LogP) is 5.75. The highest BCUT2D eigenvalue weighted by atomic mass is 32.4. The van der Waals surface area contributed by atoms with Gasteiger partial charge in [-0.15, -0.1) is 0 Å². The molecule has 0 aliphatic carbocycles. The third kappa shape index (κ3) is 2.88. The summed E-state index contributed by atoms with van der Waals surface area (Å²) >= 11 is 6.47. The zero-order valence-corrected chi connectivity index (χ0v) is 17.0. The topological polar surface area (TPSA) is 0 Å². The van der Waals surface area contributed by atoms with Crippen LogP contribution in [0.1, 0.15) is 0 Å². The van der Waals surface area contributed by atoms with Crippen LogP contribution in [0.25, 0.3) is 21.5 Å². The number of hydrogen-bond donors (Lipinski definition) is 0. The Morgan fingerprint density at radius 3 is 1.43 bits per heavy atom. The molecule has 2 heteroatoms. The van der Waals surface area contributed by atoms with Gasteiger partial charge >= 0.3 is 0 Å². The van der Waals surface area contributed by atoms with Gasteiger partial charge in [-0.3, -0.25) is 0 Å². The molecule has 5 rings (SSSR count). The van der Waals surface area contributed by atoms with Crippen molar-refractivity contribution in [3.63, 3.8) is 0 Å². The van der Waals surface area contributed by atoms with E-state index in [4.69, 9.17) is 11.8 Å². The zero-order valence-electron chi connectivity index (χ0n) is 15.3. The molecule has 0 saturated heterocycles. The number of benzene rings is 5. The Bertz CT molecular complexity index is 1280. The van der Waals surface area contributed by atoms with Crippen molar-refractivity contribution in [1.29, 1.82) is 0 Å². The second kappa shape index (κ2) is 7.02. The molecule has 0 bridgehead atoms. The maximum atomic E-state index is 6.47. The first-order valence-electron chi connectivity index (χ1n) is 9.39. The number of fused-ring (bicyclic) bond motifs is 2. The Morgan fingerprint density at radius 2 is 0.857 bits per heavy atom. The lowest BCUT2D eigenvalue weighted by atomic mass is 10.0. The van der Waals surface area contributed by atoms with E-state index in [1.165, 1.54) is 37.5 Å². The molecule has 0 aliphatic heterocycles. The molecule has 0 aliphatic rings. The normalized spacial score (nSPS) is 11.7. The maximum absolute atomic E-state index is 6.47. The highest BCUT2D eigenvalue weighted by molar-refractivity contribution is 8.25. The average Bonchev–Trinajstić information content (AvgIpc) is 2.78. The molecule has 28 heavy (non-hydrogen) atoms. The highest BCUT2D eigenvalue weighted by Crippen LogP contribution is 2.43. The minimum absolute atomic E-state index is 1.23. The first-order chi connectivity index (χ1) is 13.7. The molecule has 0 amide bonds. The third-order valence-electron chi connectivity index (χ3n) is 5.29. The van der Waals surface area contributed by atoms with Crippen LogP contribution < -0.4 is 15.9 Å². The van der Waals surface area contributed by atoms with Gasteiger partial charge in [-0.1, -0.05) is 109 Å². The van der Waals surface area contributed by atoms with E-state index in [1.54, 1.807) is 0 Å². The van der Waals surface area contributed by atoms with Crippen molar-refractivity contribution >= 4 is 55.3 Å². The fraction of sp³-hybridized carbons (Fsp3) is 0. The van der Waals surface area contributed by atoms with E-state index in [-0.39, 0.29) is 0 Å². The van der Waals surface area contributed by atoms with Crippen molar-refractivity contribution in [3.8, 4) is 0 Å². The smallest absolute Gasteiger partial charge is 0.0379 e. The Balaban J connectivity index is 1.78. The minimum Gasteiger partial charge on any atom is -0.0826 e. The second-order valence-electron chi connectivity index (χ2n) is 7.01. The lowest BCUT2D eigenvalue weighted by Crippen LogP contribution is -2.24. The highest BCUT2D eigenvalue weighted by Gasteiger charge is 2.24. The summed E-state index contributed by atoms with van der Waals surface area (Å²) in [6.45, 7) is 0. The van der Waals surface area contributed by atoms with Crippen molar-refractivity contribution in [1.82, 2.24) is 0 Å². The van der Waals surface area contributed by atoms with Crippen molar-refractivity contribution < 1.29 is 0 Å². The fourth-order valence-electron chi connectivity index (χ4n) is 3.85. The fourth-order valence-corrected chi connectivity index (χ4v) is 7.60. The van der Waals surface area contributed by atoms with Crippen LogP contribution in [0, 0.1) is 0 Å². The number of rotatable bonds is 3. The molecule has 0 saturated carbocycles. The largest absolute Gasteiger partial charge is 0.0826 e. The molecular formula is C26H19PS. The monoisotopic (exact) mass is 394 g/mol. The van der Waals surface area contributed by atoms with Crippen LogP contribution in [-0.4, -0.2) is 0 Å². The Morgan fingerprint density at radius 1 is 0.393 bits per heavy atom. The van der Waals surface area contributed by atoms with Crippen molar-refractivity contribution in [2.24, 2.45) is 0 Å². The van der Waals surface area contributed by atoms with E-state index in [0.717, 1.165) is 0 Å². The third-order valence-corrected chi connectivity index (χ3v) is 10.2. The standard InChI is InChI=1S/C26H19PS/c28-27(24-11-3-1-4-12-24,25-13-5-2-6-14-25)26-16-15-22-17-20-9-7-8-10-21(20)18-23(22)19-26/h1-19H. The minimum atomic E-state index is -2.11. The van der Waals surface area contributed by atoms with E-state index in [2.05, 4.69) is 115 Å². The van der Waals surface area contributed by atoms with Crippen LogP contribution >= 0.6 is 6.04 Å². The van der Waals surface area contributed by atoms with E-state index in [9.17, 15) is 0 Å². The van der Waals surface area contributed by atoms with Gasteiger partial charge in [-0.05, 0) is 55.7 Å². The van der Waals surface area contributed by atoms with Gasteiger partial charge in [0.2, 0.25) is 0 Å². The lowest BCUT2D eigenvalue weighted by Gasteiger charge is -2.24. The molecule has 5 aromatic rings. The Kier molecular flexibility index (Phi) is 4.36. The average molecular weight is 394 g/mol. The summed E-state index contributed by atoms with van der Waals surface area (Å²) in [7, 11) is 0. The molecule has 0 aromatic heterocycles. The lowest BCUT2D eigenvalue weighted by molar-refractivity contribution is 1.75. The van der Waals surface area contributed by atoms with Gasteiger partial charge in [0.15, 0.2) is 0 Å². The zero-order chi connectivity index (χ0) is 19.0. The van der Waals surface area contributed by atoms with Crippen LogP contribution in [0.2, 0.25) is 0 Å². The van der Waals surface area contributed by atoms with E-state index < -0.39 is 6.04 Å². The molecule has 5 aromatic carbocycles. The maximum Gasteiger partial charge on any atom is 0.0379 e. The van der Waals surface area contributed by atoms with Crippen molar-refractivity contribution in [2.75, 3.05) is 0 Å². The van der Waals surface area contributed by atoms with Gasteiger partial charge in [0.1, 0.15) is 0 Å². The second-order valence-corrected chi connectivity index (χ2v) is 11.4. The summed E-state index contributed by atoms with van der Waals surface area (Å²) < 4.78 is 0. The quantitative estimate of drug-likeness (QED) is 0.277. The van der Waals surface area contributed by atoms with Crippen LogP contribution in [0.3, 0.4) is 0 Å².